The number of hydrogen-bond acceptors (Lipinski definition) is 4. The first kappa shape index (κ1) is 10.2. The first-order valence-corrected chi connectivity index (χ1v) is 5.59. The molecule has 0 aliphatic carbocycles. The second-order valence-electron chi connectivity index (χ2n) is 2.90. The minimum atomic E-state index is 0.176. The van der Waals surface area contributed by atoms with Gasteiger partial charge in [0.05, 0.1) is 6.61 Å². The van der Waals surface area contributed by atoms with E-state index in [9.17, 15) is 0 Å². The Hall–Kier alpha value is -1.33. The summed E-state index contributed by atoms with van der Waals surface area (Å²) < 4.78 is 0. The predicted molar refractivity (Wildman–Crippen MR) is 59.6 cm³/mol. The highest BCUT2D eigenvalue weighted by molar-refractivity contribution is 7.99. The molecule has 0 radical (unpaired) electrons. The summed E-state index contributed by atoms with van der Waals surface area (Å²) in [5, 5.41) is 15.5. The number of aliphatic hydroxyl groups excluding tert-OH is 1. The van der Waals surface area contributed by atoms with E-state index in [-0.39, 0.29) is 6.61 Å². The summed E-state index contributed by atoms with van der Waals surface area (Å²) in [5.74, 6) is 1.45. The highest BCUT2D eigenvalue weighted by Gasteiger charge is 2.06. The van der Waals surface area contributed by atoms with E-state index in [1.54, 1.807) is 11.8 Å². The van der Waals surface area contributed by atoms with Crippen molar-refractivity contribution in [1.29, 1.82) is 0 Å². The van der Waals surface area contributed by atoms with Crippen LogP contribution in [0.1, 0.15) is 0 Å². The molecule has 0 unspecified atom stereocenters. The van der Waals surface area contributed by atoms with Gasteiger partial charge in [-0.1, -0.05) is 18.2 Å². The largest absolute Gasteiger partial charge is 0.396 e. The molecule has 0 atom stereocenters. The van der Waals surface area contributed by atoms with Crippen molar-refractivity contribution >= 4 is 11.8 Å². The highest BCUT2D eigenvalue weighted by atomic mass is 32.2. The van der Waals surface area contributed by atoms with Crippen LogP contribution in [0.5, 0.6) is 0 Å². The zero-order valence-corrected chi connectivity index (χ0v) is 8.87. The van der Waals surface area contributed by atoms with E-state index in [1.807, 2.05) is 24.3 Å². The minimum Gasteiger partial charge on any atom is -0.396 e. The number of nitrogens with one attached hydrogen (secondary N) is 1. The van der Waals surface area contributed by atoms with Gasteiger partial charge in [0.1, 0.15) is 6.33 Å². The van der Waals surface area contributed by atoms with Gasteiger partial charge < -0.3 is 5.11 Å². The zero-order chi connectivity index (χ0) is 10.5. The number of aliphatic hydroxyl groups is 1. The molecule has 0 bridgehead atoms. The SMILES string of the molecule is OCCSc1ccccc1-c1ncn[nH]1. The second kappa shape index (κ2) is 4.95. The summed E-state index contributed by atoms with van der Waals surface area (Å²) in [7, 11) is 0. The van der Waals surface area contributed by atoms with Crippen molar-refractivity contribution in [3.8, 4) is 11.4 Å². The predicted octanol–water partition coefficient (Wildman–Crippen LogP) is 1.56. The molecule has 78 valence electrons. The quantitative estimate of drug-likeness (QED) is 0.769. The van der Waals surface area contributed by atoms with Crippen LogP contribution in [0.25, 0.3) is 11.4 Å². The maximum atomic E-state index is 8.79. The highest BCUT2D eigenvalue weighted by Crippen LogP contribution is 2.28. The third-order valence-corrected chi connectivity index (χ3v) is 2.96. The van der Waals surface area contributed by atoms with Gasteiger partial charge in [0.2, 0.25) is 0 Å². The molecule has 0 fully saturated rings. The fraction of sp³-hybridized carbons (Fsp3) is 0.200. The Balaban J connectivity index is 2.30. The topological polar surface area (TPSA) is 61.8 Å². The molecule has 5 heteroatoms. The number of aromatic amines is 1. The van der Waals surface area contributed by atoms with Crippen LogP contribution in [0.3, 0.4) is 0 Å². The second-order valence-corrected chi connectivity index (χ2v) is 4.04. The Kier molecular flexibility index (Phi) is 3.37. The van der Waals surface area contributed by atoms with Crippen LogP contribution >= 0.6 is 11.8 Å². The zero-order valence-electron chi connectivity index (χ0n) is 8.05. The Bertz CT molecular complexity index is 416. The molecule has 2 N–H and O–H groups in total. The molecule has 0 saturated heterocycles. The summed E-state index contributed by atoms with van der Waals surface area (Å²) in [6.45, 7) is 0.176. The van der Waals surface area contributed by atoms with Crippen LogP contribution < -0.4 is 0 Å². The first-order chi connectivity index (χ1) is 7.42. The number of aromatic nitrogens is 3. The van der Waals surface area contributed by atoms with Crippen molar-refractivity contribution in [2.75, 3.05) is 12.4 Å². The lowest BCUT2D eigenvalue weighted by molar-refractivity contribution is 0.322. The van der Waals surface area contributed by atoms with Gasteiger partial charge in [-0.05, 0) is 6.07 Å². The van der Waals surface area contributed by atoms with Crippen molar-refractivity contribution < 1.29 is 5.11 Å². The molecule has 0 saturated carbocycles. The number of benzene rings is 1. The molecular weight excluding hydrogens is 210 g/mol. The molecule has 1 aromatic heterocycles. The maximum Gasteiger partial charge on any atom is 0.156 e. The molecule has 0 spiro atoms. The van der Waals surface area contributed by atoms with Gasteiger partial charge in [0.15, 0.2) is 5.82 Å². The minimum absolute atomic E-state index is 0.176. The lowest BCUT2D eigenvalue weighted by Gasteiger charge is -2.04. The summed E-state index contributed by atoms with van der Waals surface area (Å²) in [6.07, 6.45) is 1.49. The summed E-state index contributed by atoms with van der Waals surface area (Å²) >= 11 is 1.61. The fourth-order valence-electron chi connectivity index (χ4n) is 1.28. The van der Waals surface area contributed by atoms with Gasteiger partial charge in [-0.25, -0.2) is 4.98 Å². The molecule has 2 rings (SSSR count). The third-order valence-electron chi connectivity index (χ3n) is 1.91. The molecule has 0 amide bonds. The normalized spacial score (nSPS) is 10.5. The molecular formula is C10H11N3OS. The van der Waals surface area contributed by atoms with Crippen molar-refractivity contribution in [3.63, 3.8) is 0 Å². The average Bonchev–Trinajstić information content (AvgIpc) is 2.80. The van der Waals surface area contributed by atoms with Gasteiger partial charge in [-0.2, -0.15) is 5.10 Å². The van der Waals surface area contributed by atoms with E-state index < -0.39 is 0 Å². The first-order valence-electron chi connectivity index (χ1n) is 4.60. The van der Waals surface area contributed by atoms with Crippen LogP contribution in [0.4, 0.5) is 0 Å². The van der Waals surface area contributed by atoms with E-state index in [2.05, 4.69) is 15.2 Å². The molecule has 1 heterocycles. The van der Waals surface area contributed by atoms with Gasteiger partial charge in [-0.15, -0.1) is 11.8 Å². The molecule has 2 aromatic rings. The van der Waals surface area contributed by atoms with Crippen molar-refractivity contribution in [1.82, 2.24) is 15.2 Å². The number of nitrogens with zero attached hydrogens (tertiary/aromatic N) is 2. The Labute approximate surface area is 91.8 Å². The fourth-order valence-corrected chi connectivity index (χ4v) is 2.09. The Morgan fingerprint density at radius 3 is 2.93 bits per heavy atom. The van der Waals surface area contributed by atoms with Gasteiger partial charge in [-0.3, -0.25) is 5.10 Å². The number of rotatable bonds is 4. The van der Waals surface area contributed by atoms with E-state index in [1.165, 1.54) is 6.33 Å². The van der Waals surface area contributed by atoms with E-state index in [4.69, 9.17) is 5.11 Å². The third kappa shape index (κ3) is 2.37. The van der Waals surface area contributed by atoms with E-state index in [0.717, 1.165) is 16.3 Å². The van der Waals surface area contributed by atoms with Crippen LogP contribution in [0.2, 0.25) is 0 Å². The van der Waals surface area contributed by atoms with Crippen molar-refractivity contribution in [2.45, 2.75) is 4.90 Å². The van der Waals surface area contributed by atoms with Crippen LogP contribution in [-0.2, 0) is 0 Å². The molecule has 0 aliphatic heterocycles. The Morgan fingerprint density at radius 1 is 1.33 bits per heavy atom. The maximum absolute atomic E-state index is 8.79. The van der Waals surface area contributed by atoms with Crippen molar-refractivity contribution in [3.05, 3.63) is 30.6 Å². The van der Waals surface area contributed by atoms with E-state index >= 15 is 0 Å². The molecule has 4 nitrogen and oxygen atoms in total. The number of thioether (sulfide) groups is 1. The van der Waals surface area contributed by atoms with E-state index in [0.29, 0.717) is 5.75 Å². The van der Waals surface area contributed by atoms with Crippen LogP contribution in [-0.4, -0.2) is 32.6 Å². The standard InChI is InChI=1S/C10H11N3OS/c14-5-6-15-9-4-2-1-3-8(9)10-11-7-12-13-10/h1-4,7,14H,5-6H2,(H,11,12,13). The summed E-state index contributed by atoms with van der Waals surface area (Å²) in [5.41, 5.74) is 1.02. The lowest BCUT2D eigenvalue weighted by Crippen LogP contribution is -1.89. The molecule has 15 heavy (non-hydrogen) atoms. The van der Waals surface area contributed by atoms with Gasteiger partial charge in [0, 0.05) is 16.2 Å². The lowest BCUT2D eigenvalue weighted by atomic mass is 10.2. The smallest absolute Gasteiger partial charge is 0.156 e. The van der Waals surface area contributed by atoms with Gasteiger partial charge >= 0.3 is 0 Å². The van der Waals surface area contributed by atoms with Crippen LogP contribution in [0.15, 0.2) is 35.5 Å². The van der Waals surface area contributed by atoms with Gasteiger partial charge in [0.25, 0.3) is 0 Å². The average molecular weight is 221 g/mol. The summed E-state index contributed by atoms with van der Waals surface area (Å²) in [6, 6.07) is 7.93. The molecule has 0 aliphatic rings. The Morgan fingerprint density at radius 2 is 2.20 bits per heavy atom. The number of hydrogen-bond donors (Lipinski definition) is 2. The monoisotopic (exact) mass is 221 g/mol. The molecule has 1 aromatic carbocycles. The van der Waals surface area contributed by atoms with Crippen molar-refractivity contribution in [2.24, 2.45) is 0 Å². The van der Waals surface area contributed by atoms with Crippen LogP contribution in [0, 0.1) is 0 Å². The number of H-pyrrole nitrogens is 1. The summed E-state index contributed by atoms with van der Waals surface area (Å²) in [4.78, 5) is 5.21.